The molecule has 0 saturated heterocycles. The Morgan fingerprint density at radius 3 is 1.50 bits per heavy atom. The number of hydrogen-bond donors (Lipinski definition) is 1. The van der Waals surface area contributed by atoms with Gasteiger partial charge in [-0.3, -0.25) is 0 Å². The summed E-state index contributed by atoms with van der Waals surface area (Å²) in [5, 5.41) is 7.88. The third-order valence-electron chi connectivity index (χ3n) is 0.245. The van der Waals surface area contributed by atoms with Gasteiger partial charge in [0.25, 0.3) is 0 Å². The van der Waals surface area contributed by atoms with Crippen LogP contribution in [0.3, 0.4) is 0 Å². The van der Waals surface area contributed by atoms with Crippen LogP contribution in [0.25, 0.3) is 0 Å². The minimum Gasteiger partial charge on any atom is -0.200 e. The van der Waals surface area contributed by atoms with Gasteiger partial charge in [0.2, 0.25) is 0 Å². The summed E-state index contributed by atoms with van der Waals surface area (Å²) in [4.78, 5) is 3.88. The Morgan fingerprint density at radius 2 is 1.50 bits per heavy atom. The van der Waals surface area contributed by atoms with Gasteiger partial charge in [-0.15, -0.1) is 0 Å². The Kier molecular flexibility index (Phi) is 1.52. The van der Waals surface area contributed by atoms with E-state index in [0.717, 1.165) is 0 Å². The third-order valence-corrected chi connectivity index (χ3v) is 0.245. The second kappa shape index (κ2) is 1.55. The summed E-state index contributed by atoms with van der Waals surface area (Å²) in [6.07, 6.45) is 0. The Bertz CT molecular complexity index is 38.5. The number of nitrogens with zero attached hydrogens (tertiary/aromatic N) is 1. The zero-order valence-electron chi connectivity index (χ0n) is 4.30. The molecule has 0 atom stereocenters. The smallest absolute Gasteiger partial charge is 0.101 e. The van der Waals surface area contributed by atoms with Gasteiger partial charge in [-0.1, -0.05) is 0 Å². The molecule has 0 aromatic carbocycles. The summed E-state index contributed by atoms with van der Waals surface area (Å²) < 4.78 is 0.125. The van der Waals surface area contributed by atoms with Crippen molar-refractivity contribution in [1.82, 2.24) is 0 Å². The average molecular weight is 92.1 g/mol. The van der Waals surface area contributed by atoms with Gasteiger partial charge in [0, 0.05) is 0 Å². The molecule has 0 aromatic heterocycles. The molecule has 0 aliphatic heterocycles. The molecular weight excluding hydrogens is 82.0 g/mol. The molecule has 0 fully saturated rings. The summed E-state index contributed by atoms with van der Waals surface area (Å²) in [5.74, 6) is 0. The van der Waals surface area contributed by atoms with E-state index in [1.165, 1.54) is 0 Å². The minimum absolute atomic E-state index is 0.125. The lowest BCUT2D eigenvalue weighted by atomic mass is 11.0. The lowest BCUT2D eigenvalue weighted by Gasteiger charge is -2.13. The van der Waals surface area contributed by atoms with Gasteiger partial charge in [-0.2, -0.15) is 4.65 Å². The molecule has 0 spiro atoms. The van der Waals surface area contributed by atoms with Crippen LogP contribution in [0.5, 0.6) is 0 Å². The van der Waals surface area contributed by atoms with E-state index in [1.807, 2.05) is 0 Å². The van der Waals surface area contributed by atoms with Gasteiger partial charge in [0.05, 0.1) is 0 Å². The van der Waals surface area contributed by atoms with E-state index < -0.39 is 0 Å². The van der Waals surface area contributed by atoms with E-state index in [4.69, 9.17) is 5.26 Å². The van der Waals surface area contributed by atoms with Gasteiger partial charge in [0.1, 0.15) is 21.1 Å². The van der Waals surface area contributed by atoms with Gasteiger partial charge >= 0.3 is 0 Å². The predicted molar refractivity (Wildman–Crippen MR) is 21.7 cm³/mol. The molecule has 6 heavy (non-hydrogen) atoms. The lowest BCUT2D eigenvalue weighted by Crippen LogP contribution is -2.32. The largest absolute Gasteiger partial charge is 0.200 e. The predicted octanol–water partition coefficient (Wildman–Crippen LogP) is 0.0972. The molecule has 0 aliphatic carbocycles. The Labute approximate surface area is 37.2 Å². The van der Waals surface area contributed by atoms with Crippen molar-refractivity contribution in [1.29, 1.82) is 0 Å². The van der Waals surface area contributed by atoms with Gasteiger partial charge < -0.3 is 0 Å². The van der Waals surface area contributed by atoms with Crippen molar-refractivity contribution in [2.24, 2.45) is 0 Å². The molecule has 1 N–H and O–H groups in total. The quantitative estimate of drug-likeness (QED) is 0.282. The first kappa shape index (κ1) is 5.88. The minimum atomic E-state index is 0.125. The number of hydroxylamine groups is 3. The Balaban J connectivity index is 3.17. The molecular formula is C3H10NO2+. The SMILES string of the molecule is C[N+](C)(C)OO. The first-order valence-corrected chi connectivity index (χ1v) is 1.71. The van der Waals surface area contributed by atoms with Crippen LogP contribution in [0.15, 0.2) is 0 Å². The van der Waals surface area contributed by atoms with Crippen LogP contribution >= 0.6 is 0 Å². The van der Waals surface area contributed by atoms with Gasteiger partial charge in [0.15, 0.2) is 0 Å². The maximum atomic E-state index is 7.88. The molecule has 0 heterocycles. The van der Waals surface area contributed by atoms with Crippen LogP contribution in [-0.2, 0) is 4.99 Å². The number of rotatable bonds is 1. The summed E-state index contributed by atoms with van der Waals surface area (Å²) in [5.41, 5.74) is 0. The third kappa shape index (κ3) is 3.88. The Morgan fingerprint density at radius 1 is 1.33 bits per heavy atom. The normalized spacial score (nSPS) is 12.0. The second-order valence-electron chi connectivity index (χ2n) is 1.97. The zero-order valence-corrected chi connectivity index (χ0v) is 4.30. The first-order valence-electron chi connectivity index (χ1n) is 1.71. The van der Waals surface area contributed by atoms with E-state index >= 15 is 0 Å². The fourth-order valence-corrected chi connectivity index (χ4v) is 0. The van der Waals surface area contributed by atoms with Crippen LogP contribution < -0.4 is 0 Å². The van der Waals surface area contributed by atoms with Crippen molar-refractivity contribution in [3.05, 3.63) is 0 Å². The van der Waals surface area contributed by atoms with E-state index in [1.54, 1.807) is 21.1 Å². The number of quaternary nitrogens is 1. The van der Waals surface area contributed by atoms with Crippen molar-refractivity contribution < 1.29 is 14.9 Å². The van der Waals surface area contributed by atoms with Gasteiger partial charge in [-0.05, 0) is 4.99 Å². The highest BCUT2D eigenvalue weighted by atomic mass is 17.2. The van der Waals surface area contributed by atoms with Crippen molar-refractivity contribution in [2.75, 3.05) is 21.1 Å². The van der Waals surface area contributed by atoms with Crippen molar-refractivity contribution >= 4 is 0 Å². The van der Waals surface area contributed by atoms with Crippen molar-refractivity contribution in [3.8, 4) is 0 Å². The standard InChI is InChI=1S/C3H9NO2/c1-4(2,3)6-5/h1-3H3/p+1. The molecule has 0 rings (SSSR count). The Hall–Kier alpha value is -0.120. The maximum Gasteiger partial charge on any atom is 0.101 e. The number of hydrogen-bond acceptors (Lipinski definition) is 2. The van der Waals surface area contributed by atoms with Crippen molar-refractivity contribution in [3.63, 3.8) is 0 Å². The highest BCUT2D eigenvalue weighted by molar-refractivity contribution is 3.74. The molecule has 3 nitrogen and oxygen atoms in total. The fourth-order valence-electron chi connectivity index (χ4n) is 0. The fraction of sp³-hybridized carbons (Fsp3) is 1.00. The topological polar surface area (TPSA) is 29.5 Å². The summed E-state index contributed by atoms with van der Waals surface area (Å²) in [6, 6.07) is 0. The van der Waals surface area contributed by atoms with Crippen molar-refractivity contribution in [2.45, 2.75) is 0 Å². The van der Waals surface area contributed by atoms with Crippen LogP contribution in [0.4, 0.5) is 0 Å². The lowest BCUT2D eigenvalue weighted by molar-refractivity contribution is -1.11. The van der Waals surface area contributed by atoms with E-state index in [2.05, 4.69) is 4.99 Å². The van der Waals surface area contributed by atoms with Crippen LogP contribution in [-0.4, -0.2) is 31.0 Å². The van der Waals surface area contributed by atoms with Gasteiger partial charge in [-0.25, -0.2) is 5.26 Å². The molecule has 0 bridgehead atoms. The van der Waals surface area contributed by atoms with E-state index in [0.29, 0.717) is 0 Å². The summed E-state index contributed by atoms with van der Waals surface area (Å²) in [6.45, 7) is 0. The molecule has 0 unspecified atom stereocenters. The monoisotopic (exact) mass is 92.1 g/mol. The van der Waals surface area contributed by atoms with Crippen LogP contribution in [0, 0.1) is 0 Å². The molecule has 0 saturated carbocycles. The zero-order chi connectivity index (χ0) is 5.21. The maximum absolute atomic E-state index is 7.88. The molecule has 0 aromatic rings. The molecule has 38 valence electrons. The molecule has 0 aliphatic rings. The molecule has 0 radical (unpaired) electrons. The average Bonchev–Trinajstić information content (AvgIpc) is 1.35. The van der Waals surface area contributed by atoms with E-state index in [9.17, 15) is 0 Å². The molecule has 0 amide bonds. The van der Waals surface area contributed by atoms with Crippen LogP contribution in [0.2, 0.25) is 0 Å². The molecule has 3 heteroatoms. The summed E-state index contributed by atoms with van der Waals surface area (Å²) in [7, 11) is 5.12. The first-order chi connectivity index (χ1) is 2.56. The summed E-state index contributed by atoms with van der Waals surface area (Å²) >= 11 is 0. The highest BCUT2D eigenvalue weighted by Crippen LogP contribution is 1.84. The second-order valence-corrected chi connectivity index (χ2v) is 1.97. The van der Waals surface area contributed by atoms with Crippen LogP contribution in [0.1, 0.15) is 0 Å². The van der Waals surface area contributed by atoms with E-state index in [-0.39, 0.29) is 4.65 Å². The highest BCUT2D eigenvalue weighted by Gasteiger charge is 2.03.